The van der Waals surface area contributed by atoms with Gasteiger partial charge >= 0.3 is 5.97 Å². The van der Waals surface area contributed by atoms with Crippen LogP contribution in [0.15, 0.2) is 12.4 Å². The normalized spacial score (nSPS) is 30.7. The van der Waals surface area contributed by atoms with Crippen molar-refractivity contribution in [3.63, 3.8) is 0 Å². The number of anilines is 1. The van der Waals surface area contributed by atoms with Gasteiger partial charge in [0.1, 0.15) is 0 Å². The van der Waals surface area contributed by atoms with Gasteiger partial charge in [-0.25, -0.2) is 9.97 Å². The van der Waals surface area contributed by atoms with Crippen LogP contribution in [0.4, 0.5) is 5.95 Å². The number of morpholine rings is 1. The van der Waals surface area contributed by atoms with Crippen molar-refractivity contribution in [3.05, 3.63) is 18.0 Å². The molecule has 1 aromatic rings. The number of hydrogen-bond donors (Lipinski definition) is 0. The van der Waals surface area contributed by atoms with E-state index in [0.29, 0.717) is 12.6 Å². The second kappa shape index (κ2) is 7.72. The Kier molecular flexibility index (Phi) is 5.32. The highest BCUT2D eigenvalue weighted by atomic mass is 16.5. The van der Waals surface area contributed by atoms with Crippen LogP contribution in [0, 0.1) is 5.41 Å². The maximum atomic E-state index is 12.7. The topological polar surface area (TPSA) is 67.8 Å². The van der Waals surface area contributed by atoms with Gasteiger partial charge in [-0.1, -0.05) is 6.92 Å². The zero-order valence-corrected chi connectivity index (χ0v) is 16.4. The summed E-state index contributed by atoms with van der Waals surface area (Å²) in [6.07, 6.45) is 7.87. The summed E-state index contributed by atoms with van der Waals surface area (Å²) in [5.74, 6) is 0.768. The SMILES string of the molecule is CCOC(=O)[C@]1(CC)C[C@@H]2CC[C@H]1N2Cc1cnc(N2CCOCC2)nc1. The lowest BCUT2D eigenvalue weighted by atomic mass is 9.72. The molecule has 148 valence electrons. The Morgan fingerprint density at radius 1 is 1.26 bits per heavy atom. The highest BCUT2D eigenvalue weighted by Crippen LogP contribution is 2.52. The second-order valence-corrected chi connectivity index (χ2v) is 7.84. The van der Waals surface area contributed by atoms with Crippen molar-refractivity contribution >= 4 is 11.9 Å². The van der Waals surface area contributed by atoms with Crippen LogP contribution in [0.5, 0.6) is 0 Å². The predicted molar refractivity (Wildman–Crippen MR) is 101 cm³/mol. The molecule has 0 amide bonds. The van der Waals surface area contributed by atoms with Crippen molar-refractivity contribution in [1.29, 1.82) is 0 Å². The minimum absolute atomic E-state index is 0.0105. The van der Waals surface area contributed by atoms with E-state index < -0.39 is 0 Å². The first-order valence-corrected chi connectivity index (χ1v) is 10.2. The van der Waals surface area contributed by atoms with Gasteiger partial charge in [0.05, 0.1) is 25.2 Å². The number of rotatable bonds is 6. The molecule has 7 nitrogen and oxygen atoms in total. The largest absolute Gasteiger partial charge is 0.466 e. The Morgan fingerprint density at radius 3 is 2.67 bits per heavy atom. The third kappa shape index (κ3) is 3.31. The van der Waals surface area contributed by atoms with E-state index in [1.165, 1.54) is 6.42 Å². The first-order chi connectivity index (χ1) is 13.2. The van der Waals surface area contributed by atoms with Crippen molar-refractivity contribution in [2.24, 2.45) is 5.41 Å². The van der Waals surface area contributed by atoms with E-state index in [2.05, 4.69) is 26.7 Å². The average molecular weight is 374 g/mol. The lowest BCUT2D eigenvalue weighted by Crippen LogP contribution is -2.44. The van der Waals surface area contributed by atoms with E-state index in [4.69, 9.17) is 9.47 Å². The van der Waals surface area contributed by atoms with Crippen molar-refractivity contribution in [2.45, 2.75) is 58.2 Å². The van der Waals surface area contributed by atoms with Gasteiger partial charge in [0.25, 0.3) is 0 Å². The minimum Gasteiger partial charge on any atom is -0.466 e. The molecule has 3 fully saturated rings. The van der Waals surface area contributed by atoms with E-state index in [9.17, 15) is 4.79 Å². The maximum Gasteiger partial charge on any atom is 0.313 e. The Balaban J connectivity index is 1.46. The van der Waals surface area contributed by atoms with Crippen LogP contribution in [0.25, 0.3) is 0 Å². The molecule has 0 aromatic carbocycles. The molecule has 0 unspecified atom stereocenters. The molecule has 0 saturated carbocycles. The Morgan fingerprint density at radius 2 is 2.00 bits per heavy atom. The molecule has 3 aliphatic rings. The fraction of sp³-hybridized carbons (Fsp3) is 0.750. The summed E-state index contributed by atoms with van der Waals surface area (Å²) in [5.41, 5.74) is 0.771. The van der Waals surface area contributed by atoms with Gasteiger partial charge in [0.15, 0.2) is 0 Å². The molecule has 0 N–H and O–H groups in total. The van der Waals surface area contributed by atoms with Crippen LogP contribution in [-0.4, -0.2) is 65.8 Å². The number of fused-ring (bicyclic) bond motifs is 2. The standard InChI is InChI=1S/C20H30N4O3/c1-3-20(18(25)27-4-2)11-16-5-6-17(20)24(16)14-15-12-21-19(22-13-15)23-7-9-26-10-8-23/h12-13,16-17H,3-11,14H2,1-2H3/t16-,17+,20+/m0/s1. The molecule has 7 heteroatoms. The van der Waals surface area contributed by atoms with Gasteiger partial charge in [0.2, 0.25) is 5.95 Å². The molecule has 0 spiro atoms. The van der Waals surface area contributed by atoms with Gasteiger partial charge in [0, 0.05) is 49.7 Å². The third-order valence-electron chi connectivity index (χ3n) is 6.54. The summed E-state index contributed by atoms with van der Waals surface area (Å²) in [5, 5.41) is 0. The van der Waals surface area contributed by atoms with Crippen LogP contribution >= 0.6 is 0 Å². The summed E-state index contributed by atoms with van der Waals surface area (Å²) in [6.45, 7) is 8.41. The van der Waals surface area contributed by atoms with Gasteiger partial charge in [-0.15, -0.1) is 0 Å². The van der Waals surface area contributed by atoms with E-state index in [-0.39, 0.29) is 17.4 Å². The Hall–Kier alpha value is -1.73. The zero-order chi connectivity index (χ0) is 18.9. The summed E-state index contributed by atoms with van der Waals surface area (Å²) < 4.78 is 10.8. The van der Waals surface area contributed by atoms with Crippen molar-refractivity contribution in [3.8, 4) is 0 Å². The lowest BCUT2D eigenvalue weighted by Gasteiger charge is -2.34. The summed E-state index contributed by atoms with van der Waals surface area (Å²) in [6, 6.07) is 0.726. The molecule has 2 bridgehead atoms. The molecule has 1 aromatic heterocycles. The highest BCUT2D eigenvalue weighted by molar-refractivity contribution is 5.78. The van der Waals surface area contributed by atoms with Gasteiger partial charge in [-0.05, 0) is 32.6 Å². The average Bonchev–Trinajstić information content (AvgIpc) is 3.24. The van der Waals surface area contributed by atoms with Crippen LogP contribution in [0.3, 0.4) is 0 Å². The van der Waals surface area contributed by atoms with Gasteiger partial charge < -0.3 is 14.4 Å². The number of hydrogen-bond acceptors (Lipinski definition) is 7. The molecule has 4 heterocycles. The molecule has 0 radical (unpaired) electrons. The van der Waals surface area contributed by atoms with Gasteiger partial charge in [-0.3, -0.25) is 9.69 Å². The van der Waals surface area contributed by atoms with Crippen LogP contribution in [0.2, 0.25) is 0 Å². The predicted octanol–water partition coefficient (Wildman–Crippen LogP) is 2.01. The summed E-state index contributed by atoms with van der Waals surface area (Å²) in [4.78, 5) is 26.5. The fourth-order valence-electron chi connectivity index (χ4n) is 5.13. The molecule has 3 aliphatic heterocycles. The van der Waals surface area contributed by atoms with E-state index in [1.54, 1.807) is 0 Å². The molecule has 3 atom stereocenters. The van der Waals surface area contributed by atoms with Crippen LogP contribution < -0.4 is 4.90 Å². The third-order valence-corrected chi connectivity index (χ3v) is 6.54. The quantitative estimate of drug-likeness (QED) is 0.706. The number of ether oxygens (including phenoxy) is 2. The number of carbonyl (C=O) groups excluding carboxylic acids is 1. The molecular formula is C20H30N4O3. The summed E-state index contributed by atoms with van der Waals surface area (Å²) in [7, 11) is 0. The fourth-order valence-corrected chi connectivity index (χ4v) is 5.13. The Labute approximate surface area is 161 Å². The first-order valence-electron chi connectivity index (χ1n) is 10.2. The molecule has 27 heavy (non-hydrogen) atoms. The second-order valence-electron chi connectivity index (χ2n) is 7.84. The van der Waals surface area contributed by atoms with E-state index >= 15 is 0 Å². The number of carbonyl (C=O) groups is 1. The number of aromatic nitrogens is 2. The van der Waals surface area contributed by atoms with E-state index in [0.717, 1.165) is 63.6 Å². The zero-order valence-electron chi connectivity index (χ0n) is 16.4. The van der Waals surface area contributed by atoms with E-state index in [1.807, 2.05) is 19.3 Å². The van der Waals surface area contributed by atoms with Crippen LogP contribution in [-0.2, 0) is 20.8 Å². The van der Waals surface area contributed by atoms with Crippen molar-refractivity contribution in [2.75, 3.05) is 37.8 Å². The van der Waals surface area contributed by atoms with Crippen LogP contribution in [0.1, 0.15) is 45.1 Å². The highest BCUT2D eigenvalue weighted by Gasteiger charge is 2.59. The van der Waals surface area contributed by atoms with Gasteiger partial charge in [-0.2, -0.15) is 0 Å². The molecule has 3 saturated heterocycles. The number of nitrogens with zero attached hydrogens (tertiary/aromatic N) is 4. The monoisotopic (exact) mass is 374 g/mol. The summed E-state index contributed by atoms with van der Waals surface area (Å²) >= 11 is 0. The lowest BCUT2D eigenvalue weighted by molar-refractivity contribution is -0.157. The number of esters is 1. The smallest absolute Gasteiger partial charge is 0.313 e. The molecular weight excluding hydrogens is 344 g/mol. The first kappa shape index (κ1) is 18.6. The minimum atomic E-state index is -0.340. The van der Waals surface area contributed by atoms with Crippen molar-refractivity contribution < 1.29 is 14.3 Å². The molecule has 4 rings (SSSR count). The Bertz CT molecular complexity index is 662. The van der Waals surface area contributed by atoms with Crippen molar-refractivity contribution in [1.82, 2.24) is 14.9 Å². The molecule has 0 aliphatic carbocycles. The maximum absolute atomic E-state index is 12.7.